The van der Waals surface area contributed by atoms with E-state index in [1.165, 1.54) is 30.6 Å². The van der Waals surface area contributed by atoms with Crippen LogP contribution in [0.3, 0.4) is 0 Å². The molecule has 2 rings (SSSR count). The van der Waals surface area contributed by atoms with Gasteiger partial charge in [-0.1, -0.05) is 31.7 Å². The topological polar surface area (TPSA) is 71.1 Å². The second-order valence-corrected chi connectivity index (χ2v) is 9.33. The summed E-state index contributed by atoms with van der Waals surface area (Å²) in [7, 11) is 0. The lowest BCUT2D eigenvalue weighted by molar-refractivity contribution is -0.138. The molecule has 0 unspecified atom stereocenters. The van der Waals surface area contributed by atoms with Crippen LogP contribution in [0, 0.1) is 0 Å². The van der Waals surface area contributed by atoms with Crippen LogP contribution >= 0.6 is 0 Å². The van der Waals surface area contributed by atoms with Gasteiger partial charge in [-0.2, -0.15) is 0 Å². The van der Waals surface area contributed by atoms with Gasteiger partial charge in [0.05, 0.1) is 25.9 Å². The minimum absolute atomic E-state index is 0.344. The third kappa shape index (κ3) is 12.9. The summed E-state index contributed by atoms with van der Waals surface area (Å²) >= 11 is 0. The molecule has 0 saturated heterocycles. The minimum atomic E-state index is -0.353. The first kappa shape index (κ1) is 29.6. The van der Waals surface area contributed by atoms with Crippen molar-refractivity contribution >= 4 is 11.9 Å². The zero-order chi connectivity index (χ0) is 25.8. The van der Waals surface area contributed by atoms with Crippen LogP contribution in [0.15, 0.2) is 49.6 Å². The Hall–Kier alpha value is -2.60. The van der Waals surface area contributed by atoms with Gasteiger partial charge in [-0.15, -0.1) is 0 Å². The number of carbonyl (C=O) groups excluding carboxylic acids is 2. The lowest BCUT2D eigenvalue weighted by Crippen LogP contribution is -2.21. The Labute approximate surface area is 217 Å². The van der Waals surface area contributed by atoms with Gasteiger partial charge in [-0.05, 0) is 94.2 Å². The molecule has 1 aliphatic carbocycles. The number of unbranched alkanes of at least 4 members (excludes halogenated alkanes) is 6. The largest absolute Gasteiger partial charge is 0.494 e. The lowest BCUT2D eigenvalue weighted by atomic mass is 9.83. The van der Waals surface area contributed by atoms with Gasteiger partial charge >= 0.3 is 11.9 Å². The van der Waals surface area contributed by atoms with E-state index in [4.69, 9.17) is 18.9 Å². The highest BCUT2D eigenvalue weighted by atomic mass is 16.5. The van der Waals surface area contributed by atoms with Gasteiger partial charge in [-0.3, -0.25) is 0 Å². The van der Waals surface area contributed by atoms with Crippen molar-refractivity contribution in [2.45, 2.75) is 89.1 Å². The molecule has 0 heterocycles. The van der Waals surface area contributed by atoms with E-state index in [0.717, 1.165) is 76.6 Å². The van der Waals surface area contributed by atoms with Crippen LogP contribution in [0.5, 0.6) is 5.75 Å². The van der Waals surface area contributed by atoms with Crippen LogP contribution < -0.4 is 4.74 Å². The maximum Gasteiger partial charge on any atom is 0.330 e. The SMILES string of the molecule is C=CC(=O)OCCCCCCOc1ccc(C2CCC(OCCCCCCOC(=O)C=C)CC2)cc1. The highest BCUT2D eigenvalue weighted by Crippen LogP contribution is 2.34. The van der Waals surface area contributed by atoms with Gasteiger partial charge in [0.15, 0.2) is 0 Å². The fourth-order valence-corrected chi connectivity index (χ4v) is 4.42. The summed E-state index contributed by atoms with van der Waals surface area (Å²) in [5.74, 6) is 0.832. The van der Waals surface area contributed by atoms with Gasteiger partial charge < -0.3 is 18.9 Å². The first-order chi connectivity index (χ1) is 17.6. The highest BCUT2D eigenvalue weighted by molar-refractivity contribution is 5.81. The third-order valence-electron chi connectivity index (χ3n) is 6.55. The molecule has 0 bridgehead atoms. The second-order valence-electron chi connectivity index (χ2n) is 9.33. The summed E-state index contributed by atoms with van der Waals surface area (Å²) in [6.07, 6.45) is 15.4. The molecule has 6 nitrogen and oxygen atoms in total. The number of carbonyl (C=O) groups is 2. The Bertz CT molecular complexity index is 764. The Balaban J connectivity index is 1.48. The molecule has 1 aliphatic rings. The van der Waals surface area contributed by atoms with Crippen molar-refractivity contribution in [3.05, 3.63) is 55.1 Å². The van der Waals surface area contributed by atoms with E-state index in [2.05, 4.69) is 37.4 Å². The Morgan fingerprint density at radius 2 is 1.19 bits per heavy atom. The summed E-state index contributed by atoms with van der Waals surface area (Å²) in [4.78, 5) is 21.9. The molecule has 1 aromatic carbocycles. The average Bonchev–Trinajstić information content (AvgIpc) is 2.92. The zero-order valence-corrected chi connectivity index (χ0v) is 21.8. The summed E-state index contributed by atoms with van der Waals surface area (Å²) in [5.41, 5.74) is 1.40. The van der Waals surface area contributed by atoms with E-state index in [-0.39, 0.29) is 11.9 Å². The molecule has 200 valence electrons. The fraction of sp³-hybridized carbons (Fsp3) is 0.600. The molecule has 0 spiro atoms. The number of hydrogen-bond acceptors (Lipinski definition) is 6. The van der Waals surface area contributed by atoms with Crippen LogP contribution in [0.4, 0.5) is 0 Å². The van der Waals surface area contributed by atoms with Crippen molar-refractivity contribution in [2.75, 3.05) is 26.4 Å². The van der Waals surface area contributed by atoms with Gasteiger partial charge in [-0.25, -0.2) is 9.59 Å². The van der Waals surface area contributed by atoms with Crippen molar-refractivity contribution in [1.29, 1.82) is 0 Å². The van der Waals surface area contributed by atoms with Crippen molar-refractivity contribution in [3.63, 3.8) is 0 Å². The van der Waals surface area contributed by atoms with E-state index >= 15 is 0 Å². The molecule has 0 radical (unpaired) electrons. The Morgan fingerprint density at radius 1 is 0.694 bits per heavy atom. The van der Waals surface area contributed by atoms with Crippen molar-refractivity contribution in [2.24, 2.45) is 0 Å². The first-order valence-electron chi connectivity index (χ1n) is 13.5. The number of hydrogen-bond donors (Lipinski definition) is 0. The van der Waals surface area contributed by atoms with Crippen LogP contribution in [-0.2, 0) is 23.8 Å². The van der Waals surface area contributed by atoms with Gasteiger partial charge in [0.2, 0.25) is 0 Å². The number of ether oxygens (including phenoxy) is 4. The molecular formula is C30H44O6. The maximum atomic E-state index is 11.0. The van der Waals surface area contributed by atoms with Crippen LogP contribution in [0.1, 0.15) is 88.5 Å². The van der Waals surface area contributed by atoms with Crippen LogP contribution in [0.2, 0.25) is 0 Å². The summed E-state index contributed by atoms with van der Waals surface area (Å²) in [5, 5.41) is 0. The van der Waals surface area contributed by atoms with Crippen molar-refractivity contribution < 1.29 is 28.5 Å². The third-order valence-corrected chi connectivity index (χ3v) is 6.55. The van der Waals surface area contributed by atoms with Crippen LogP contribution in [-0.4, -0.2) is 44.5 Å². The molecule has 0 atom stereocenters. The lowest BCUT2D eigenvalue weighted by Gasteiger charge is -2.29. The molecule has 0 aliphatic heterocycles. The molecule has 6 heteroatoms. The molecule has 1 saturated carbocycles. The smallest absolute Gasteiger partial charge is 0.330 e. The first-order valence-corrected chi connectivity index (χ1v) is 13.5. The normalized spacial score (nSPS) is 17.2. The molecule has 0 N–H and O–H groups in total. The predicted octanol–water partition coefficient (Wildman–Crippen LogP) is 6.69. The fourth-order valence-electron chi connectivity index (χ4n) is 4.42. The summed E-state index contributed by atoms with van der Waals surface area (Å²) in [6, 6.07) is 8.60. The molecule has 0 aromatic heterocycles. The Kier molecular flexibility index (Phi) is 15.3. The van der Waals surface area contributed by atoms with Gasteiger partial charge in [0, 0.05) is 18.8 Å². The maximum absolute atomic E-state index is 11.0. The van der Waals surface area contributed by atoms with E-state index < -0.39 is 0 Å². The molecular weight excluding hydrogens is 456 g/mol. The monoisotopic (exact) mass is 500 g/mol. The average molecular weight is 501 g/mol. The number of benzene rings is 1. The van der Waals surface area contributed by atoms with E-state index in [1.807, 2.05) is 0 Å². The minimum Gasteiger partial charge on any atom is -0.494 e. The summed E-state index contributed by atoms with van der Waals surface area (Å²) in [6.45, 7) is 9.22. The van der Waals surface area contributed by atoms with Crippen molar-refractivity contribution in [1.82, 2.24) is 0 Å². The number of rotatable bonds is 19. The molecule has 0 amide bonds. The number of esters is 2. The molecule has 1 aromatic rings. The van der Waals surface area contributed by atoms with Crippen molar-refractivity contribution in [3.8, 4) is 5.75 Å². The molecule has 1 fully saturated rings. The van der Waals surface area contributed by atoms with E-state index in [1.54, 1.807) is 0 Å². The second kappa shape index (κ2) is 18.6. The summed E-state index contributed by atoms with van der Waals surface area (Å²) < 4.78 is 21.9. The van der Waals surface area contributed by atoms with Gasteiger partial charge in [0.1, 0.15) is 5.75 Å². The zero-order valence-electron chi connectivity index (χ0n) is 21.8. The Morgan fingerprint density at radius 3 is 1.72 bits per heavy atom. The predicted molar refractivity (Wildman–Crippen MR) is 142 cm³/mol. The van der Waals surface area contributed by atoms with Crippen LogP contribution in [0.25, 0.3) is 0 Å². The molecule has 36 heavy (non-hydrogen) atoms. The van der Waals surface area contributed by atoms with E-state index in [0.29, 0.717) is 31.8 Å². The highest BCUT2D eigenvalue weighted by Gasteiger charge is 2.22. The quantitative estimate of drug-likeness (QED) is 0.120. The van der Waals surface area contributed by atoms with Gasteiger partial charge in [0.25, 0.3) is 0 Å². The van der Waals surface area contributed by atoms with E-state index in [9.17, 15) is 9.59 Å². The standard InChI is InChI=1S/C30H44O6/c1-3-29(31)35-23-11-7-5-9-21-33-27-17-13-25(14-18-27)26-15-19-28(20-16-26)34-22-10-6-8-12-24-36-30(32)4-2/h3-4,13-14,17-18,26,28H,1-2,5-12,15-16,19-24H2.